The lowest BCUT2D eigenvalue weighted by Gasteiger charge is -2.34. The molecule has 1 aliphatic carbocycles. The Morgan fingerprint density at radius 1 is 1.06 bits per heavy atom. The van der Waals surface area contributed by atoms with Crippen molar-refractivity contribution in [3.8, 4) is 10.6 Å². The number of aryl methyl sites for hydroxylation is 1. The molecule has 1 amide bonds. The quantitative estimate of drug-likeness (QED) is 0.446. The third kappa shape index (κ3) is 5.86. The largest absolute Gasteiger partial charge is 0.366 e. The Morgan fingerprint density at radius 2 is 1.86 bits per heavy atom. The van der Waals surface area contributed by atoms with Crippen molar-refractivity contribution in [2.24, 2.45) is 11.8 Å². The Hall–Kier alpha value is -3.00. The number of benzene rings is 1. The maximum Gasteiger partial charge on any atom is 0.223 e. The number of carbonyl (C=O) groups excluding carboxylic acids is 1. The molecule has 2 aromatic heterocycles. The lowest BCUT2D eigenvalue weighted by molar-refractivity contribution is -0.126. The number of nitrogens with one attached hydrogen (secondary N) is 2. The average Bonchev–Trinajstić information content (AvgIpc) is 3.40. The van der Waals surface area contributed by atoms with Gasteiger partial charge in [-0.2, -0.15) is 0 Å². The zero-order valence-electron chi connectivity index (χ0n) is 21.2. The molecule has 7 nitrogen and oxygen atoms in total. The Kier molecular flexibility index (Phi) is 7.80. The number of hydrogen-bond donors (Lipinski definition) is 2. The zero-order valence-corrected chi connectivity index (χ0v) is 22.1. The summed E-state index contributed by atoms with van der Waals surface area (Å²) in [5.74, 6) is 1.80. The van der Waals surface area contributed by atoms with Gasteiger partial charge >= 0.3 is 0 Å². The van der Waals surface area contributed by atoms with E-state index < -0.39 is 0 Å². The van der Waals surface area contributed by atoms with E-state index in [4.69, 9.17) is 0 Å². The molecule has 3 aromatic rings. The molecule has 0 radical (unpaired) electrons. The summed E-state index contributed by atoms with van der Waals surface area (Å²) >= 11 is 1.63. The van der Waals surface area contributed by atoms with Gasteiger partial charge in [0.25, 0.3) is 0 Å². The van der Waals surface area contributed by atoms with Crippen molar-refractivity contribution in [2.45, 2.75) is 65.0 Å². The fourth-order valence-corrected chi connectivity index (χ4v) is 6.21. The number of hydrogen-bond acceptors (Lipinski definition) is 7. The van der Waals surface area contributed by atoms with Crippen molar-refractivity contribution >= 4 is 28.2 Å². The molecule has 0 bridgehead atoms. The average molecular weight is 505 g/mol. The van der Waals surface area contributed by atoms with Crippen molar-refractivity contribution in [1.82, 2.24) is 20.5 Å². The van der Waals surface area contributed by atoms with Crippen molar-refractivity contribution in [2.75, 3.05) is 23.3 Å². The molecule has 1 saturated heterocycles. The molecule has 1 aliphatic heterocycles. The van der Waals surface area contributed by atoms with Gasteiger partial charge in [0.2, 0.25) is 11.0 Å². The number of rotatable bonds is 7. The summed E-state index contributed by atoms with van der Waals surface area (Å²) in [7, 11) is 0. The molecule has 3 heterocycles. The third-order valence-electron chi connectivity index (χ3n) is 7.61. The van der Waals surface area contributed by atoms with Gasteiger partial charge in [-0.3, -0.25) is 4.79 Å². The van der Waals surface area contributed by atoms with Crippen LogP contribution in [0.5, 0.6) is 0 Å². The van der Waals surface area contributed by atoms with Gasteiger partial charge in [-0.1, -0.05) is 61.4 Å². The Morgan fingerprint density at radius 3 is 2.64 bits per heavy atom. The highest BCUT2D eigenvalue weighted by molar-refractivity contribution is 7.18. The maximum absolute atomic E-state index is 12.9. The first-order chi connectivity index (χ1) is 17.6. The van der Waals surface area contributed by atoms with Crippen molar-refractivity contribution in [3.05, 3.63) is 53.7 Å². The minimum absolute atomic E-state index is 0.102. The fraction of sp³-hybridized carbons (Fsp3) is 0.500. The highest BCUT2D eigenvalue weighted by Crippen LogP contribution is 2.33. The number of pyridine rings is 1. The lowest BCUT2D eigenvalue weighted by atomic mass is 9.85. The summed E-state index contributed by atoms with van der Waals surface area (Å²) < 4.78 is 0. The molecule has 190 valence electrons. The van der Waals surface area contributed by atoms with E-state index in [0.29, 0.717) is 18.5 Å². The van der Waals surface area contributed by atoms with E-state index in [0.717, 1.165) is 65.0 Å². The van der Waals surface area contributed by atoms with E-state index in [9.17, 15) is 4.79 Å². The van der Waals surface area contributed by atoms with Gasteiger partial charge in [0.05, 0.1) is 0 Å². The zero-order chi connectivity index (χ0) is 24.9. The molecule has 1 aromatic carbocycles. The van der Waals surface area contributed by atoms with Crippen LogP contribution < -0.4 is 15.5 Å². The number of amides is 1. The molecule has 5 rings (SSSR count). The van der Waals surface area contributed by atoms with Crippen LogP contribution in [0.1, 0.15) is 56.6 Å². The second-order valence-corrected chi connectivity index (χ2v) is 11.2. The summed E-state index contributed by atoms with van der Waals surface area (Å²) in [6, 6.07) is 12.7. The first-order valence-corrected chi connectivity index (χ1v) is 14.0. The molecule has 2 N–H and O–H groups in total. The predicted molar refractivity (Wildman–Crippen MR) is 146 cm³/mol. The Labute approximate surface area is 217 Å². The van der Waals surface area contributed by atoms with E-state index >= 15 is 0 Å². The lowest BCUT2D eigenvalue weighted by Crippen LogP contribution is -2.46. The second-order valence-electron chi connectivity index (χ2n) is 10.3. The monoisotopic (exact) mass is 504 g/mol. The molecule has 8 heteroatoms. The summed E-state index contributed by atoms with van der Waals surface area (Å²) in [4.78, 5) is 19.6. The third-order valence-corrected chi connectivity index (χ3v) is 8.63. The molecule has 1 saturated carbocycles. The first-order valence-electron chi connectivity index (χ1n) is 13.2. The highest BCUT2D eigenvalue weighted by atomic mass is 32.1. The molecule has 0 spiro atoms. The maximum atomic E-state index is 12.9. The summed E-state index contributed by atoms with van der Waals surface area (Å²) in [5, 5.41) is 17.7. The van der Waals surface area contributed by atoms with Crippen LogP contribution in [-0.4, -0.2) is 40.2 Å². The molecular weight excluding hydrogens is 468 g/mol. The smallest absolute Gasteiger partial charge is 0.223 e. The second kappa shape index (κ2) is 11.4. The van der Waals surface area contributed by atoms with Gasteiger partial charge < -0.3 is 15.5 Å². The van der Waals surface area contributed by atoms with E-state index in [-0.39, 0.29) is 11.8 Å². The van der Waals surface area contributed by atoms with Crippen LogP contribution in [-0.2, 0) is 11.3 Å². The SMILES string of the molecule is Cc1ccc(NCc2ccccc2-c2nnc(N3CCC(C(=O)NC4CCCCC4C)CC3)s2)nc1. The van der Waals surface area contributed by atoms with Crippen LogP contribution in [0.4, 0.5) is 10.9 Å². The molecule has 2 atom stereocenters. The topological polar surface area (TPSA) is 83.0 Å². The molecule has 2 fully saturated rings. The van der Waals surface area contributed by atoms with E-state index in [1.54, 1.807) is 11.3 Å². The van der Waals surface area contributed by atoms with Crippen LogP contribution in [0.15, 0.2) is 42.6 Å². The van der Waals surface area contributed by atoms with E-state index in [2.05, 4.69) is 61.9 Å². The highest BCUT2D eigenvalue weighted by Gasteiger charge is 2.30. The molecule has 2 aliphatic rings. The van der Waals surface area contributed by atoms with Crippen LogP contribution in [0.2, 0.25) is 0 Å². The Balaban J connectivity index is 1.18. The summed E-state index contributed by atoms with van der Waals surface area (Å²) in [6.45, 7) is 6.66. The van der Waals surface area contributed by atoms with Gasteiger partial charge in [-0.15, -0.1) is 10.2 Å². The van der Waals surface area contributed by atoms with Gasteiger partial charge in [-0.05, 0) is 55.7 Å². The van der Waals surface area contributed by atoms with Crippen LogP contribution in [0.25, 0.3) is 10.6 Å². The normalized spacial score (nSPS) is 20.8. The molecule has 2 unspecified atom stereocenters. The van der Waals surface area contributed by atoms with Crippen LogP contribution in [0.3, 0.4) is 0 Å². The van der Waals surface area contributed by atoms with E-state index in [1.165, 1.54) is 19.3 Å². The number of aromatic nitrogens is 3. The van der Waals surface area contributed by atoms with Gasteiger partial charge in [0, 0.05) is 43.4 Å². The van der Waals surface area contributed by atoms with Gasteiger partial charge in [-0.25, -0.2) is 4.98 Å². The Bertz CT molecular complexity index is 1150. The van der Waals surface area contributed by atoms with Crippen molar-refractivity contribution in [3.63, 3.8) is 0 Å². The molecular formula is C28H36N6OS. The minimum Gasteiger partial charge on any atom is -0.366 e. The standard InChI is InChI=1S/C28H36N6OS/c1-19-11-12-25(29-17-19)30-18-22-8-4-5-9-23(22)27-32-33-28(36-27)34-15-13-21(14-16-34)26(35)31-24-10-6-3-7-20(24)2/h4-5,8-9,11-12,17,20-21,24H,3,6-7,10,13-16,18H2,1-2H3,(H,29,30)(H,31,35). The number of carbonyl (C=O) groups is 1. The van der Waals surface area contributed by atoms with Crippen molar-refractivity contribution in [1.29, 1.82) is 0 Å². The summed E-state index contributed by atoms with van der Waals surface area (Å²) in [5.41, 5.74) is 3.40. The number of nitrogens with zero attached hydrogens (tertiary/aromatic N) is 4. The van der Waals surface area contributed by atoms with Crippen LogP contribution >= 0.6 is 11.3 Å². The number of piperidine rings is 1. The van der Waals surface area contributed by atoms with Gasteiger partial charge in [0.1, 0.15) is 10.8 Å². The molecule has 36 heavy (non-hydrogen) atoms. The fourth-order valence-electron chi connectivity index (χ4n) is 5.26. The minimum atomic E-state index is 0.102. The van der Waals surface area contributed by atoms with Crippen molar-refractivity contribution < 1.29 is 4.79 Å². The number of anilines is 2. The van der Waals surface area contributed by atoms with Crippen LogP contribution in [0, 0.1) is 18.8 Å². The van der Waals surface area contributed by atoms with E-state index in [1.807, 2.05) is 25.3 Å². The first kappa shape index (κ1) is 24.7. The van der Waals surface area contributed by atoms with Gasteiger partial charge in [0.15, 0.2) is 0 Å². The predicted octanol–water partition coefficient (Wildman–Crippen LogP) is 5.43. The summed E-state index contributed by atoms with van der Waals surface area (Å²) in [6.07, 6.45) is 8.48.